The topological polar surface area (TPSA) is 60.4 Å². The Bertz CT molecular complexity index is 680. The summed E-state index contributed by atoms with van der Waals surface area (Å²) in [6.07, 6.45) is -0.600. The van der Waals surface area contributed by atoms with E-state index in [1.807, 2.05) is 48.5 Å². The third kappa shape index (κ3) is 7.13. The Hall–Kier alpha value is -2.12. The third-order valence-corrected chi connectivity index (χ3v) is 4.38. The van der Waals surface area contributed by atoms with Gasteiger partial charge in [0.15, 0.2) is 11.5 Å². The van der Waals surface area contributed by atoms with Gasteiger partial charge in [-0.15, -0.1) is 0 Å². The maximum Gasteiger partial charge on any atom is 0.165 e. The van der Waals surface area contributed by atoms with Gasteiger partial charge in [0.25, 0.3) is 0 Å². The first-order valence-corrected chi connectivity index (χ1v) is 9.38. The standard InChI is InChI=1S/C22H31NO5/c1-25-13-12-23(14-19-10-7-11-21(26-2)22(19)27-3)15-20(24)17-28-16-18-8-5-4-6-9-18/h4-11,20,24H,12-17H2,1-3H3/t20-/m0/s1. The van der Waals surface area contributed by atoms with Crippen molar-refractivity contribution >= 4 is 0 Å². The van der Waals surface area contributed by atoms with Crippen LogP contribution in [0.5, 0.6) is 11.5 Å². The smallest absolute Gasteiger partial charge is 0.165 e. The van der Waals surface area contributed by atoms with Gasteiger partial charge in [0, 0.05) is 32.3 Å². The van der Waals surface area contributed by atoms with Gasteiger partial charge < -0.3 is 24.1 Å². The lowest BCUT2D eigenvalue weighted by atomic mass is 10.1. The minimum absolute atomic E-state index is 0.271. The van der Waals surface area contributed by atoms with Gasteiger partial charge in [0.1, 0.15) is 0 Å². The zero-order valence-electron chi connectivity index (χ0n) is 17.0. The number of para-hydroxylation sites is 1. The SMILES string of the molecule is COCCN(Cc1cccc(OC)c1OC)C[C@H](O)COCc1ccccc1. The van der Waals surface area contributed by atoms with Crippen molar-refractivity contribution in [3.63, 3.8) is 0 Å². The molecule has 0 radical (unpaired) electrons. The van der Waals surface area contributed by atoms with Crippen LogP contribution < -0.4 is 9.47 Å². The molecule has 0 saturated heterocycles. The van der Waals surface area contributed by atoms with Gasteiger partial charge in [0.2, 0.25) is 0 Å². The van der Waals surface area contributed by atoms with Crippen LogP contribution in [-0.2, 0) is 22.6 Å². The van der Waals surface area contributed by atoms with Crippen molar-refractivity contribution in [2.75, 3.05) is 47.6 Å². The molecule has 0 spiro atoms. The van der Waals surface area contributed by atoms with Crippen LogP contribution in [-0.4, -0.2) is 63.7 Å². The Morgan fingerprint density at radius 3 is 2.43 bits per heavy atom. The van der Waals surface area contributed by atoms with E-state index in [0.717, 1.165) is 11.1 Å². The van der Waals surface area contributed by atoms with Gasteiger partial charge in [-0.2, -0.15) is 0 Å². The Labute approximate surface area is 167 Å². The molecule has 1 N–H and O–H groups in total. The fourth-order valence-electron chi connectivity index (χ4n) is 3.01. The van der Waals surface area contributed by atoms with E-state index < -0.39 is 6.10 Å². The van der Waals surface area contributed by atoms with E-state index in [2.05, 4.69) is 4.90 Å². The molecule has 2 rings (SSSR count). The highest BCUT2D eigenvalue weighted by molar-refractivity contribution is 5.46. The summed E-state index contributed by atoms with van der Waals surface area (Å²) in [7, 11) is 4.93. The van der Waals surface area contributed by atoms with Crippen molar-refractivity contribution in [3.8, 4) is 11.5 Å². The molecule has 0 fully saturated rings. The molecule has 0 heterocycles. The lowest BCUT2D eigenvalue weighted by molar-refractivity contribution is 0.00467. The predicted octanol–water partition coefficient (Wildman–Crippen LogP) is 2.73. The van der Waals surface area contributed by atoms with Crippen LogP contribution >= 0.6 is 0 Å². The first-order chi connectivity index (χ1) is 13.7. The maximum absolute atomic E-state index is 10.4. The molecule has 0 saturated carbocycles. The van der Waals surface area contributed by atoms with Crippen molar-refractivity contribution < 1.29 is 24.1 Å². The van der Waals surface area contributed by atoms with E-state index in [1.54, 1.807) is 21.3 Å². The molecule has 0 amide bonds. The van der Waals surface area contributed by atoms with Gasteiger partial charge in [0.05, 0.1) is 40.1 Å². The number of methoxy groups -OCH3 is 3. The van der Waals surface area contributed by atoms with E-state index in [-0.39, 0.29) is 6.61 Å². The molecule has 0 aliphatic rings. The van der Waals surface area contributed by atoms with Gasteiger partial charge in [-0.3, -0.25) is 4.90 Å². The summed E-state index contributed by atoms with van der Waals surface area (Å²) in [5, 5.41) is 10.4. The fourth-order valence-corrected chi connectivity index (χ4v) is 3.01. The van der Waals surface area contributed by atoms with Crippen LogP contribution in [0, 0.1) is 0 Å². The van der Waals surface area contributed by atoms with Gasteiger partial charge in [-0.25, -0.2) is 0 Å². The molecule has 6 nitrogen and oxygen atoms in total. The highest BCUT2D eigenvalue weighted by atomic mass is 16.5. The highest BCUT2D eigenvalue weighted by Gasteiger charge is 2.16. The lowest BCUT2D eigenvalue weighted by Crippen LogP contribution is -2.36. The monoisotopic (exact) mass is 389 g/mol. The Morgan fingerprint density at radius 1 is 0.964 bits per heavy atom. The van der Waals surface area contributed by atoms with Crippen molar-refractivity contribution in [2.45, 2.75) is 19.3 Å². The Morgan fingerprint density at radius 2 is 1.75 bits per heavy atom. The summed E-state index contributed by atoms with van der Waals surface area (Å²) in [5.41, 5.74) is 2.09. The summed E-state index contributed by atoms with van der Waals surface area (Å²) in [6.45, 7) is 3.10. The van der Waals surface area contributed by atoms with Crippen LogP contribution in [0.25, 0.3) is 0 Å². The summed E-state index contributed by atoms with van der Waals surface area (Å²) >= 11 is 0. The molecule has 0 aromatic heterocycles. The van der Waals surface area contributed by atoms with Gasteiger partial charge in [-0.05, 0) is 11.6 Å². The molecule has 0 unspecified atom stereocenters. The minimum atomic E-state index is -0.600. The lowest BCUT2D eigenvalue weighted by Gasteiger charge is -2.26. The normalized spacial score (nSPS) is 12.2. The summed E-state index contributed by atoms with van der Waals surface area (Å²) < 4.78 is 21.8. The number of benzene rings is 2. The predicted molar refractivity (Wildman–Crippen MR) is 109 cm³/mol. The molecule has 0 aliphatic heterocycles. The minimum Gasteiger partial charge on any atom is -0.493 e. The molecular formula is C22H31NO5. The summed E-state index contributed by atoms with van der Waals surface area (Å²) in [4.78, 5) is 2.12. The molecule has 1 atom stereocenters. The number of nitrogens with zero attached hydrogens (tertiary/aromatic N) is 1. The van der Waals surface area contributed by atoms with E-state index >= 15 is 0 Å². The molecule has 154 valence electrons. The van der Waals surface area contributed by atoms with Gasteiger partial charge in [-0.1, -0.05) is 42.5 Å². The maximum atomic E-state index is 10.4. The number of hydrogen-bond donors (Lipinski definition) is 1. The molecular weight excluding hydrogens is 358 g/mol. The summed E-state index contributed by atoms with van der Waals surface area (Å²) in [5.74, 6) is 1.40. The highest BCUT2D eigenvalue weighted by Crippen LogP contribution is 2.31. The first kappa shape index (κ1) is 22.2. The number of aliphatic hydroxyl groups excluding tert-OH is 1. The Kier molecular flexibility index (Phi) is 9.79. The fraction of sp³-hybridized carbons (Fsp3) is 0.455. The average molecular weight is 389 g/mol. The van der Waals surface area contributed by atoms with Crippen molar-refractivity contribution in [1.29, 1.82) is 0 Å². The molecule has 6 heteroatoms. The van der Waals surface area contributed by atoms with Crippen molar-refractivity contribution in [1.82, 2.24) is 4.90 Å². The second-order valence-electron chi connectivity index (χ2n) is 6.54. The molecule has 0 bridgehead atoms. The zero-order valence-corrected chi connectivity index (χ0v) is 17.0. The average Bonchev–Trinajstić information content (AvgIpc) is 2.72. The molecule has 2 aromatic rings. The molecule has 2 aromatic carbocycles. The van der Waals surface area contributed by atoms with Gasteiger partial charge >= 0.3 is 0 Å². The van der Waals surface area contributed by atoms with Crippen LogP contribution in [0.2, 0.25) is 0 Å². The van der Waals surface area contributed by atoms with E-state index in [0.29, 0.717) is 44.3 Å². The van der Waals surface area contributed by atoms with E-state index in [1.165, 1.54) is 0 Å². The van der Waals surface area contributed by atoms with E-state index in [9.17, 15) is 5.11 Å². The summed E-state index contributed by atoms with van der Waals surface area (Å²) in [6, 6.07) is 15.7. The molecule has 0 aliphatic carbocycles. The number of rotatable bonds is 13. The van der Waals surface area contributed by atoms with Crippen molar-refractivity contribution in [3.05, 3.63) is 59.7 Å². The largest absolute Gasteiger partial charge is 0.493 e. The van der Waals surface area contributed by atoms with Crippen molar-refractivity contribution in [2.24, 2.45) is 0 Å². The number of hydrogen-bond acceptors (Lipinski definition) is 6. The quantitative estimate of drug-likeness (QED) is 0.568. The number of ether oxygens (including phenoxy) is 4. The van der Waals surface area contributed by atoms with Crippen LogP contribution in [0.4, 0.5) is 0 Å². The van der Waals surface area contributed by atoms with E-state index in [4.69, 9.17) is 18.9 Å². The Balaban J connectivity index is 1.93. The third-order valence-electron chi connectivity index (χ3n) is 4.38. The zero-order chi connectivity index (χ0) is 20.2. The van der Waals surface area contributed by atoms with Crippen LogP contribution in [0.1, 0.15) is 11.1 Å². The second-order valence-corrected chi connectivity index (χ2v) is 6.54. The molecule has 28 heavy (non-hydrogen) atoms. The number of aliphatic hydroxyl groups is 1. The van der Waals surface area contributed by atoms with Crippen LogP contribution in [0.15, 0.2) is 48.5 Å². The second kappa shape index (κ2) is 12.4. The van der Waals surface area contributed by atoms with Crippen LogP contribution in [0.3, 0.4) is 0 Å². The first-order valence-electron chi connectivity index (χ1n) is 9.38.